The molecule has 1 saturated heterocycles. The fourth-order valence-corrected chi connectivity index (χ4v) is 1.82. The molecule has 3 nitrogen and oxygen atoms in total. The Balaban J connectivity index is 2.53. The molecule has 0 spiro atoms. The third-order valence-corrected chi connectivity index (χ3v) is 3.07. The molecular weight excluding hydrogens is 178 g/mol. The maximum atomic E-state index is 11.4. The van der Waals surface area contributed by atoms with E-state index in [1.54, 1.807) is 6.92 Å². The molecule has 1 heterocycles. The van der Waals surface area contributed by atoms with Gasteiger partial charge >= 0.3 is 5.97 Å². The van der Waals surface area contributed by atoms with E-state index >= 15 is 0 Å². The molecule has 0 aliphatic carbocycles. The molecule has 1 rings (SSSR count). The monoisotopic (exact) mass is 197 g/mol. The summed E-state index contributed by atoms with van der Waals surface area (Å²) in [4.78, 5) is 13.4. The number of hydrogen-bond donors (Lipinski definition) is 0. The molecule has 0 unspecified atom stereocenters. The highest BCUT2D eigenvalue weighted by Crippen LogP contribution is 2.41. The van der Waals surface area contributed by atoms with Crippen molar-refractivity contribution in [3.63, 3.8) is 0 Å². The molecule has 0 bridgehead atoms. The zero-order valence-electron chi connectivity index (χ0n) is 9.30. The Morgan fingerprint density at radius 1 is 1.43 bits per heavy atom. The van der Waals surface area contributed by atoms with E-state index in [4.69, 9.17) is 4.74 Å². The first kappa shape index (κ1) is 11.1. The molecule has 0 radical (unpaired) electrons. The molecule has 0 atom stereocenters. The Bertz CT molecular complexity index is 244. The molecule has 0 N–H and O–H groups in total. The lowest BCUT2D eigenvalue weighted by atomic mass is 10.0. The lowest BCUT2D eigenvalue weighted by molar-refractivity contribution is -0.139. The number of rotatable bonds is 5. The van der Waals surface area contributed by atoms with Crippen molar-refractivity contribution in [1.29, 1.82) is 0 Å². The largest absolute Gasteiger partial charge is 0.461 e. The van der Waals surface area contributed by atoms with Gasteiger partial charge in [-0.3, -0.25) is 0 Å². The normalized spacial score (nSPS) is 17.8. The third kappa shape index (κ3) is 1.76. The number of carbonyl (C=O) groups is 1. The van der Waals surface area contributed by atoms with E-state index in [1.807, 2.05) is 4.90 Å². The fourth-order valence-electron chi connectivity index (χ4n) is 1.82. The van der Waals surface area contributed by atoms with Crippen LogP contribution in [0.15, 0.2) is 12.3 Å². The predicted octanol–water partition coefficient (Wildman–Crippen LogP) is 1.94. The first-order valence-electron chi connectivity index (χ1n) is 5.25. The molecule has 3 heteroatoms. The van der Waals surface area contributed by atoms with Crippen molar-refractivity contribution >= 4 is 5.97 Å². The molecule has 0 amide bonds. The van der Waals surface area contributed by atoms with Crippen LogP contribution in [0, 0.1) is 0 Å². The van der Waals surface area contributed by atoms with E-state index in [9.17, 15) is 4.79 Å². The van der Waals surface area contributed by atoms with Crippen LogP contribution in [0.4, 0.5) is 0 Å². The van der Waals surface area contributed by atoms with Crippen molar-refractivity contribution in [3.05, 3.63) is 12.3 Å². The second kappa shape index (κ2) is 4.03. The maximum absolute atomic E-state index is 11.4. The van der Waals surface area contributed by atoms with Gasteiger partial charge < -0.3 is 9.64 Å². The highest BCUT2D eigenvalue weighted by molar-refractivity contribution is 5.87. The smallest absolute Gasteiger partial charge is 0.353 e. The van der Waals surface area contributed by atoms with Gasteiger partial charge in [-0.05, 0) is 19.8 Å². The predicted molar refractivity (Wildman–Crippen MR) is 55.8 cm³/mol. The summed E-state index contributed by atoms with van der Waals surface area (Å²) in [7, 11) is 0. The van der Waals surface area contributed by atoms with Crippen LogP contribution in [0.5, 0.6) is 0 Å². The van der Waals surface area contributed by atoms with Gasteiger partial charge in [-0.1, -0.05) is 20.4 Å². The molecule has 1 aliphatic rings. The lowest BCUT2D eigenvalue weighted by Crippen LogP contribution is -2.21. The zero-order chi connectivity index (χ0) is 10.8. The van der Waals surface area contributed by atoms with Gasteiger partial charge in [-0.2, -0.15) is 0 Å². The van der Waals surface area contributed by atoms with Crippen LogP contribution in [0.2, 0.25) is 0 Å². The van der Waals surface area contributed by atoms with Gasteiger partial charge in [0.05, 0.1) is 12.1 Å². The summed E-state index contributed by atoms with van der Waals surface area (Å²) >= 11 is 0. The molecule has 1 fully saturated rings. The Kier molecular flexibility index (Phi) is 3.19. The van der Waals surface area contributed by atoms with Crippen molar-refractivity contribution in [1.82, 2.24) is 4.90 Å². The standard InChI is InChI=1S/C11H19NO2/c1-5-11(6-2)8-12(11)9(4)10(13)14-7-3/h4-8H2,1-3H3. The molecular formula is C11H19NO2. The van der Waals surface area contributed by atoms with E-state index in [-0.39, 0.29) is 11.5 Å². The first-order valence-corrected chi connectivity index (χ1v) is 5.25. The zero-order valence-corrected chi connectivity index (χ0v) is 9.30. The highest BCUT2D eigenvalue weighted by Gasteiger charge is 2.50. The van der Waals surface area contributed by atoms with Crippen molar-refractivity contribution in [2.45, 2.75) is 39.2 Å². The number of esters is 1. The van der Waals surface area contributed by atoms with Gasteiger partial charge in [-0.15, -0.1) is 0 Å². The minimum atomic E-state index is -0.281. The number of ether oxygens (including phenoxy) is 1. The SMILES string of the molecule is C=C(C(=O)OCC)N1CC1(CC)CC. The maximum Gasteiger partial charge on any atom is 0.353 e. The molecule has 14 heavy (non-hydrogen) atoms. The highest BCUT2D eigenvalue weighted by atomic mass is 16.5. The van der Waals surface area contributed by atoms with Crippen LogP contribution in [0.1, 0.15) is 33.6 Å². The molecule has 0 aromatic rings. The number of carbonyl (C=O) groups excluding carboxylic acids is 1. The quantitative estimate of drug-likeness (QED) is 0.383. The Hall–Kier alpha value is -0.990. The van der Waals surface area contributed by atoms with Crippen molar-refractivity contribution in [2.24, 2.45) is 0 Å². The minimum absolute atomic E-state index is 0.184. The van der Waals surface area contributed by atoms with Crippen molar-refractivity contribution < 1.29 is 9.53 Å². The Labute approximate surface area is 85.7 Å². The Morgan fingerprint density at radius 3 is 2.36 bits per heavy atom. The minimum Gasteiger partial charge on any atom is -0.461 e. The van der Waals surface area contributed by atoms with Gasteiger partial charge in [0.15, 0.2) is 0 Å². The van der Waals surface area contributed by atoms with Crippen LogP contribution >= 0.6 is 0 Å². The summed E-state index contributed by atoms with van der Waals surface area (Å²) in [5, 5.41) is 0. The van der Waals surface area contributed by atoms with E-state index in [2.05, 4.69) is 20.4 Å². The van der Waals surface area contributed by atoms with Crippen LogP contribution in [0.25, 0.3) is 0 Å². The van der Waals surface area contributed by atoms with Gasteiger partial charge in [0, 0.05) is 6.54 Å². The number of nitrogens with zero attached hydrogens (tertiary/aromatic N) is 1. The summed E-state index contributed by atoms with van der Waals surface area (Å²) in [5.41, 5.74) is 0.694. The van der Waals surface area contributed by atoms with E-state index < -0.39 is 0 Å². The van der Waals surface area contributed by atoms with E-state index in [0.29, 0.717) is 12.3 Å². The molecule has 0 aromatic carbocycles. The van der Waals surface area contributed by atoms with E-state index in [0.717, 1.165) is 19.4 Å². The third-order valence-electron chi connectivity index (χ3n) is 3.07. The topological polar surface area (TPSA) is 29.3 Å². The number of hydrogen-bond acceptors (Lipinski definition) is 3. The van der Waals surface area contributed by atoms with Crippen LogP contribution in [-0.2, 0) is 9.53 Å². The molecule has 0 aromatic heterocycles. The Morgan fingerprint density at radius 2 is 2.00 bits per heavy atom. The first-order chi connectivity index (χ1) is 6.61. The summed E-state index contributed by atoms with van der Waals surface area (Å²) in [6.45, 7) is 11.2. The van der Waals surface area contributed by atoms with Gasteiger partial charge in [0.25, 0.3) is 0 Å². The van der Waals surface area contributed by atoms with Crippen LogP contribution in [0.3, 0.4) is 0 Å². The summed E-state index contributed by atoms with van der Waals surface area (Å²) in [6.07, 6.45) is 2.11. The van der Waals surface area contributed by atoms with Gasteiger partial charge in [0.2, 0.25) is 0 Å². The van der Waals surface area contributed by atoms with Crippen molar-refractivity contribution in [2.75, 3.05) is 13.2 Å². The van der Waals surface area contributed by atoms with E-state index in [1.165, 1.54) is 0 Å². The summed E-state index contributed by atoms with van der Waals surface area (Å²) < 4.78 is 4.91. The molecule has 80 valence electrons. The van der Waals surface area contributed by atoms with Gasteiger partial charge in [-0.25, -0.2) is 4.79 Å². The lowest BCUT2D eigenvalue weighted by Gasteiger charge is -2.15. The molecule has 1 aliphatic heterocycles. The van der Waals surface area contributed by atoms with Crippen molar-refractivity contribution in [3.8, 4) is 0 Å². The summed E-state index contributed by atoms with van der Waals surface area (Å²) in [6, 6.07) is 0. The van der Waals surface area contributed by atoms with Gasteiger partial charge in [0.1, 0.15) is 5.70 Å². The van der Waals surface area contributed by atoms with Crippen LogP contribution < -0.4 is 0 Å². The average molecular weight is 197 g/mol. The van der Waals surface area contributed by atoms with Crippen LogP contribution in [-0.4, -0.2) is 29.6 Å². The summed E-state index contributed by atoms with van der Waals surface area (Å²) in [5.74, 6) is -0.281. The average Bonchev–Trinajstić information content (AvgIpc) is 2.92. The second-order valence-electron chi connectivity index (χ2n) is 3.68. The second-order valence-corrected chi connectivity index (χ2v) is 3.68. The fraction of sp³-hybridized carbons (Fsp3) is 0.727. The molecule has 0 saturated carbocycles.